The second-order valence-corrected chi connectivity index (χ2v) is 11.1. The number of halogens is 1. The van der Waals surface area contributed by atoms with Crippen LogP contribution in [0.5, 0.6) is 0 Å². The third-order valence-corrected chi connectivity index (χ3v) is 6.81. The molecule has 0 aliphatic heterocycles. The molecule has 2 rings (SSSR count). The second-order valence-electron chi connectivity index (χ2n) is 8.64. The molecule has 0 radical (unpaired) electrons. The highest BCUT2D eigenvalue weighted by molar-refractivity contribution is 7.89. The van der Waals surface area contributed by atoms with Crippen molar-refractivity contribution in [1.29, 1.82) is 0 Å². The van der Waals surface area contributed by atoms with Crippen molar-refractivity contribution in [2.24, 2.45) is 0 Å². The van der Waals surface area contributed by atoms with E-state index >= 15 is 0 Å². The van der Waals surface area contributed by atoms with Gasteiger partial charge in [-0.15, -0.1) is 0 Å². The summed E-state index contributed by atoms with van der Waals surface area (Å²) in [4.78, 5) is 27.4. The molecule has 0 aliphatic carbocycles. The maximum atomic E-state index is 13.2. The molecule has 0 unspecified atom stereocenters. The van der Waals surface area contributed by atoms with Gasteiger partial charge in [-0.25, -0.2) is 8.42 Å². The van der Waals surface area contributed by atoms with Gasteiger partial charge in [-0.05, 0) is 57.5 Å². The van der Waals surface area contributed by atoms with Gasteiger partial charge in [0.05, 0.1) is 11.4 Å². The first-order valence-electron chi connectivity index (χ1n) is 10.2. The molecule has 0 bridgehead atoms. The number of nitrogens with zero attached hydrogens (tertiary/aromatic N) is 2. The second kappa shape index (κ2) is 10.5. The molecule has 2 amide bonds. The number of hydrogen-bond donors (Lipinski definition) is 1. The average molecular weight is 480 g/mol. The van der Waals surface area contributed by atoms with Crippen LogP contribution in [-0.4, -0.2) is 54.6 Å². The third kappa shape index (κ3) is 7.05. The van der Waals surface area contributed by atoms with Crippen molar-refractivity contribution < 1.29 is 18.0 Å². The van der Waals surface area contributed by atoms with Crippen LogP contribution in [0.3, 0.4) is 0 Å². The standard InChI is InChI=1S/C23H30ClN3O4S/c1-17(22(29)25-23(2,3)4)27(15-18-9-7-6-8-10-18)21(28)16-26(5)32(30,31)20-13-11-19(24)12-14-20/h6-14,17H,15-16H2,1-5H3,(H,25,29)/t17-/m0/s1. The molecule has 0 fully saturated rings. The summed E-state index contributed by atoms with van der Waals surface area (Å²) in [5, 5.41) is 3.29. The third-order valence-electron chi connectivity index (χ3n) is 4.74. The van der Waals surface area contributed by atoms with E-state index in [1.165, 1.54) is 36.2 Å². The maximum Gasteiger partial charge on any atom is 0.243 e. The highest BCUT2D eigenvalue weighted by Gasteiger charge is 2.31. The molecule has 2 aromatic carbocycles. The van der Waals surface area contributed by atoms with Crippen molar-refractivity contribution in [3.05, 3.63) is 65.2 Å². The predicted octanol–water partition coefficient (Wildman–Crippen LogP) is 3.29. The fourth-order valence-electron chi connectivity index (χ4n) is 2.99. The number of amides is 2. The molecule has 1 N–H and O–H groups in total. The van der Waals surface area contributed by atoms with E-state index in [1.807, 2.05) is 51.1 Å². The van der Waals surface area contributed by atoms with Crippen LogP contribution in [0.15, 0.2) is 59.5 Å². The Morgan fingerprint density at radius 3 is 2.12 bits per heavy atom. The molecule has 2 aromatic rings. The molecule has 0 aliphatic rings. The Balaban J connectivity index is 2.26. The quantitative estimate of drug-likeness (QED) is 0.629. The van der Waals surface area contributed by atoms with Crippen LogP contribution in [0.4, 0.5) is 0 Å². The van der Waals surface area contributed by atoms with Gasteiger partial charge < -0.3 is 10.2 Å². The lowest BCUT2D eigenvalue weighted by Crippen LogP contribution is -2.54. The number of carbonyl (C=O) groups excluding carboxylic acids is 2. The Kier molecular flexibility index (Phi) is 8.45. The smallest absolute Gasteiger partial charge is 0.243 e. The lowest BCUT2D eigenvalue weighted by atomic mass is 10.1. The highest BCUT2D eigenvalue weighted by atomic mass is 35.5. The zero-order valence-corrected chi connectivity index (χ0v) is 20.6. The van der Waals surface area contributed by atoms with E-state index in [-0.39, 0.29) is 17.3 Å². The summed E-state index contributed by atoms with van der Waals surface area (Å²) in [6.07, 6.45) is 0. The van der Waals surface area contributed by atoms with Gasteiger partial charge in [0.15, 0.2) is 0 Å². The molecule has 1 atom stereocenters. The molecule has 0 saturated carbocycles. The number of carbonyl (C=O) groups is 2. The first-order chi connectivity index (χ1) is 14.8. The van der Waals surface area contributed by atoms with E-state index in [0.29, 0.717) is 5.02 Å². The molecule has 174 valence electrons. The summed E-state index contributed by atoms with van der Waals surface area (Å²) in [5.41, 5.74) is 0.362. The van der Waals surface area contributed by atoms with Crippen LogP contribution in [0, 0.1) is 0 Å². The molecule has 0 saturated heterocycles. The number of rotatable bonds is 8. The first-order valence-corrected chi connectivity index (χ1v) is 12.0. The number of nitrogens with one attached hydrogen (secondary N) is 1. The number of likely N-dealkylation sites (N-methyl/N-ethyl adjacent to an activating group) is 1. The number of hydrogen-bond acceptors (Lipinski definition) is 4. The predicted molar refractivity (Wildman–Crippen MR) is 126 cm³/mol. The van der Waals surface area contributed by atoms with Gasteiger partial charge in [-0.2, -0.15) is 4.31 Å². The zero-order chi connectivity index (χ0) is 24.1. The van der Waals surface area contributed by atoms with E-state index in [0.717, 1.165) is 9.87 Å². The van der Waals surface area contributed by atoms with Crippen molar-refractivity contribution >= 4 is 33.4 Å². The van der Waals surface area contributed by atoms with E-state index in [9.17, 15) is 18.0 Å². The van der Waals surface area contributed by atoms with Gasteiger partial charge >= 0.3 is 0 Å². The maximum absolute atomic E-state index is 13.2. The fourth-order valence-corrected chi connectivity index (χ4v) is 4.24. The number of benzene rings is 2. The minimum atomic E-state index is -3.91. The van der Waals surface area contributed by atoms with Crippen LogP contribution in [0.2, 0.25) is 5.02 Å². The lowest BCUT2D eigenvalue weighted by Gasteiger charge is -2.32. The molecule has 0 spiro atoms. The normalized spacial score (nSPS) is 13.0. The summed E-state index contributed by atoms with van der Waals surface area (Å²) in [5.74, 6) is -0.796. The van der Waals surface area contributed by atoms with E-state index in [2.05, 4.69) is 5.32 Å². The molecular formula is C23H30ClN3O4S. The lowest BCUT2D eigenvalue weighted by molar-refractivity contribution is -0.141. The van der Waals surface area contributed by atoms with Crippen molar-refractivity contribution in [2.75, 3.05) is 13.6 Å². The molecule has 32 heavy (non-hydrogen) atoms. The Bertz CT molecular complexity index is 1040. The van der Waals surface area contributed by atoms with Crippen molar-refractivity contribution in [1.82, 2.24) is 14.5 Å². The molecule has 7 nitrogen and oxygen atoms in total. The van der Waals surface area contributed by atoms with Gasteiger partial charge in [0.1, 0.15) is 6.04 Å². The summed E-state index contributed by atoms with van der Waals surface area (Å²) < 4.78 is 26.7. The SMILES string of the molecule is C[C@@H](C(=O)NC(C)(C)C)N(Cc1ccccc1)C(=O)CN(C)S(=O)(=O)c1ccc(Cl)cc1. The largest absolute Gasteiger partial charge is 0.350 e. The minimum Gasteiger partial charge on any atom is -0.350 e. The monoisotopic (exact) mass is 479 g/mol. The number of sulfonamides is 1. The Morgan fingerprint density at radius 2 is 1.59 bits per heavy atom. The van der Waals surface area contributed by atoms with Crippen molar-refractivity contribution in [3.63, 3.8) is 0 Å². The summed E-state index contributed by atoms with van der Waals surface area (Å²) in [7, 11) is -2.57. The topological polar surface area (TPSA) is 86.8 Å². The first kappa shape index (κ1) is 25.8. The van der Waals surface area contributed by atoms with Crippen LogP contribution < -0.4 is 5.32 Å². The van der Waals surface area contributed by atoms with Crippen LogP contribution in [-0.2, 0) is 26.2 Å². The van der Waals surface area contributed by atoms with Gasteiger partial charge in [0, 0.05) is 24.2 Å². The fraction of sp³-hybridized carbons (Fsp3) is 0.391. The van der Waals surface area contributed by atoms with Crippen molar-refractivity contribution in [2.45, 2.75) is 50.7 Å². The van der Waals surface area contributed by atoms with Gasteiger partial charge in [-0.3, -0.25) is 9.59 Å². The van der Waals surface area contributed by atoms with Crippen molar-refractivity contribution in [3.8, 4) is 0 Å². The summed E-state index contributed by atoms with van der Waals surface area (Å²) in [6.45, 7) is 6.96. The molecule has 0 aromatic heterocycles. The molecule has 9 heteroatoms. The van der Waals surface area contributed by atoms with Gasteiger partial charge in [-0.1, -0.05) is 41.9 Å². The minimum absolute atomic E-state index is 0.0327. The van der Waals surface area contributed by atoms with E-state index in [4.69, 9.17) is 11.6 Å². The Labute approximate surface area is 195 Å². The van der Waals surface area contributed by atoms with Gasteiger partial charge in [0.2, 0.25) is 21.8 Å². The molecule has 0 heterocycles. The van der Waals surface area contributed by atoms with Gasteiger partial charge in [0.25, 0.3) is 0 Å². The Morgan fingerprint density at radius 1 is 1.03 bits per heavy atom. The Hall–Kier alpha value is -2.42. The summed E-state index contributed by atoms with van der Waals surface area (Å²) >= 11 is 5.85. The highest BCUT2D eigenvalue weighted by Crippen LogP contribution is 2.18. The van der Waals surface area contributed by atoms with Crippen LogP contribution in [0.1, 0.15) is 33.3 Å². The van der Waals surface area contributed by atoms with E-state index in [1.54, 1.807) is 6.92 Å². The molecular weight excluding hydrogens is 450 g/mol. The van der Waals surface area contributed by atoms with Crippen LogP contribution >= 0.6 is 11.6 Å². The van der Waals surface area contributed by atoms with E-state index < -0.39 is 34.1 Å². The van der Waals surface area contributed by atoms with Crippen LogP contribution in [0.25, 0.3) is 0 Å². The average Bonchev–Trinajstić information content (AvgIpc) is 2.71. The zero-order valence-electron chi connectivity index (χ0n) is 19.0. The summed E-state index contributed by atoms with van der Waals surface area (Å²) in [6, 6.07) is 14.2.